The van der Waals surface area contributed by atoms with E-state index in [4.69, 9.17) is 14.3 Å². The second-order valence-electron chi connectivity index (χ2n) is 6.54. The van der Waals surface area contributed by atoms with Crippen molar-refractivity contribution in [2.75, 3.05) is 12.1 Å². The molecule has 0 atom stereocenters. The summed E-state index contributed by atoms with van der Waals surface area (Å²) in [5, 5.41) is 10.2. The van der Waals surface area contributed by atoms with Crippen LogP contribution >= 0.6 is 0 Å². The van der Waals surface area contributed by atoms with Crippen molar-refractivity contribution >= 4 is 29.5 Å². The van der Waals surface area contributed by atoms with Gasteiger partial charge < -0.3 is 14.3 Å². The van der Waals surface area contributed by atoms with E-state index in [1.807, 2.05) is 0 Å². The molecule has 2 N–H and O–H groups in total. The van der Waals surface area contributed by atoms with Crippen LogP contribution in [0.1, 0.15) is 16.1 Å². The van der Waals surface area contributed by atoms with Crippen molar-refractivity contribution in [3.8, 4) is 17.1 Å². The minimum absolute atomic E-state index is 0.137. The van der Waals surface area contributed by atoms with Gasteiger partial charge in [0, 0.05) is 5.56 Å². The molecule has 0 spiro atoms. The third kappa shape index (κ3) is 3.76. The van der Waals surface area contributed by atoms with Crippen LogP contribution in [0, 0.1) is 5.82 Å². The van der Waals surface area contributed by atoms with Crippen LogP contribution < -0.4 is 15.2 Å². The van der Waals surface area contributed by atoms with Crippen LogP contribution in [0.5, 0.6) is 5.75 Å². The minimum atomic E-state index is -1.40. The molecule has 3 aromatic rings. The van der Waals surface area contributed by atoms with Crippen LogP contribution in [-0.2, 0) is 9.59 Å². The smallest absolute Gasteiger partial charge is 0.338 e. The maximum absolute atomic E-state index is 13.6. The zero-order valence-electron chi connectivity index (χ0n) is 16.1. The highest BCUT2D eigenvalue weighted by Crippen LogP contribution is 2.27. The van der Waals surface area contributed by atoms with Crippen LogP contribution in [0.2, 0.25) is 0 Å². The Labute approximate surface area is 175 Å². The fraction of sp³-hybridized carbons (Fsp3) is 0.0455. The molecule has 9 heteroatoms. The minimum Gasteiger partial charge on any atom is -0.497 e. The van der Waals surface area contributed by atoms with Crippen LogP contribution in [-0.4, -0.2) is 30.0 Å². The maximum Gasteiger partial charge on any atom is 0.338 e. The van der Waals surface area contributed by atoms with E-state index >= 15 is 0 Å². The predicted octanol–water partition coefficient (Wildman–Crippen LogP) is 3.25. The number of furan rings is 1. The lowest BCUT2D eigenvalue weighted by Crippen LogP contribution is -2.35. The van der Waals surface area contributed by atoms with Crippen molar-refractivity contribution in [1.82, 2.24) is 5.43 Å². The van der Waals surface area contributed by atoms with Gasteiger partial charge in [0.25, 0.3) is 11.8 Å². The van der Waals surface area contributed by atoms with E-state index in [2.05, 4.69) is 5.43 Å². The third-order valence-electron chi connectivity index (χ3n) is 4.62. The Bertz CT molecular complexity index is 1230. The van der Waals surface area contributed by atoms with Gasteiger partial charge in [-0.1, -0.05) is 0 Å². The standard InChI is InChI=1S/C22H15FN2O6/c1-30-14-5-3-13(4-6-14)25-21(27)17(20(26)24-25)11-15-7-9-19(31-15)12-2-8-18(23)16(10-12)22(28)29/h2-11H,1H3,(H,24,26)(H,28,29)/b17-11+. The van der Waals surface area contributed by atoms with Gasteiger partial charge in [-0.3, -0.25) is 15.0 Å². The van der Waals surface area contributed by atoms with Gasteiger partial charge in [-0.15, -0.1) is 0 Å². The second kappa shape index (κ2) is 7.79. The average molecular weight is 422 g/mol. The summed E-state index contributed by atoms with van der Waals surface area (Å²) in [6, 6.07) is 13.2. The summed E-state index contributed by atoms with van der Waals surface area (Å²) in [5.41, 5.74) is 2.64. The van der Waals surface area contributed by atoms with E-state index in [-0.39, 0.29) is 17.1 Å². The second-order valence-corrected chi connectivity index (χ2v) is 6.54. The Hall–Kier alpha value is -4.40. The molecule has 2 aromatic carbocycles. The summed E-state index contributed by atoms with van der Waals surface area (Å²) in [5.74, 6) is -2.38. The summed E-state index contributed by atoms with van der Waals surface area (Å²) < 4.78 is 24.3. The highest BCUT2D eigenvalue weighted by atomic mass is 19.1. The van der Waals surface area contributed by atoms with Gasteiger partial charge >= 0.3 is 5.97 Å². The highest BCUT2D eigenvalue weighted by molar-refractivity contribution is 6.31. The lowest BCUT2D eigenvalue weighted by atomic mass is 10.1. The zero-order chi connectivity index (χ0) is 22.1. The molecule has 2 amide bonds. The Morgan fingerprint density at radius 1 is 1.13 bits per heavy atom. The predicted molar refractivity (Wildman–Crippen MR) is 108 cm³/mol. The quantitative estimate of drug-likeness (QED) is 0.483. The number of nitrogens with zero attached hydrogens (tertiary/aromatic N) is 1. The topological polar surface area (TPSA) is 109 Å². The van der Waals surface area contributed by atoms with Gasteiger partial charge in [0.05, 0.1) is 18.4 Å². The maximum atomic E-state index is 13.6. The number of ether oxygens (including phenoxy) is 1. The number of carbonyl (C=O) groups excluding carboxylic acids is 2. The molecule has 156 valence electrons. The Kier molecular flexibility index (Phi) is 5.00. The number of nitrogens with one attached hydrogen (secondary N) is 1. The van der Waals surface area contributed by atoms with Crippen molar-refractivity contribution in [3.63, 3.8) is 0 Å². The summed E-state index contributed by atoms with van der Waals surface area (Å²) in [7, 11) is 1.52. The SMILES string of the molecule is COc1ccc(N2NC(=O)/C(=C\c3ccc(-c4ccc(F)c(C(=O)O)c4)o3)C2=O)cc1. The first-order valence-corrected chi connectivity index (χ1v) is 9.01. The molecular weight excluding hydrogens is 407 g/mol. The van der Waals surface area contributed by atoms with Gasteiger partial charge in [-0.2, -0.15) is 0 Å². The molecule has 4 rings (SSSR count). The molecule has 0 saturated carbocycles. The molecule has 0 bridgehead atoms. The van der Waals surface area contributed by atoms with Crippen LogP contribution in [0.25, 0.3) is 17.4 Å². The number of hydrogen-bond donors (Lipinski definition) is 2. The van der Waals surface area contributed by atoms with Gasteiger partial charge in [0.2, 0.25) is 0 Å². The molecule has 0 radical (unpaired) electrons. The van der Waals surface area contributed by atoms with E-state index in [0.29, 0.717) is 17.0 Å². The first-order chi connectivity index (χ1) is 14.9. The number of carbonyl (C=O) groups is 3. The van der Waals surface area contributed by atoms with Gasteiger partial charge in [0.1, 0.15) is 28.7 Å². The molecule has 1 aliphatic heterocycles. The molecule has 8 nitrogen and oxygen atoms in total. The van der Waals surface area contributed by atoms with Crippen molar-refractivity contribution in [3.05, 3.63) is 77.3 Å². The van der Waals surface area contributed by atoms with Crippen molar-refractivity contribution in [2.24, 2.45) is 0 Å². The van der Waals surface area contributed by atoms with Crippen molar-refractivity contribution in [2.45, 2.75) is 0 Å². The molecule has 1 saturated heterocycles. The average Bonchev–Trinajstić information content (AvgIpc) is 3.34. The zero-order valence-corrected chi connectivity index (χ0v) is 16.1. The molecule has 2 heterocycles. The number of carboxylic acid groups (broad SMARTS) is 1. The number of benzene rings is 2. The number of anilines is 1. The van der Waals surface area contributed by atoms with E-state index in [9.17, 15) is 18.8 Å². The number of halogens is 1. The van der Waals surface area contributed by atoms with Crippen LogP contribution in [0.15, 0.2) is 64.6 Å². The fourth-order valence-electron chi connectivity index (χ4n) is 3.04. The molecule has 1 aromatic heterocycles. The molecule has 1 fully saturated rings. The Balaban J connectivity index is 1.60. The monoisotopic (exact) mass is 422 g/mol. The van der Waals surface area contributed by atoms with E-state index in [0.717, 1.165) is 17.1 Å². The summed E-state index contributed by atoms with van der Waals surface area (Å²) >= 11 is 0. The molecule has 0 aliphatic carbocycles. The number of aromatic carboxylic acids is 1. The van der Waals surface area contributed by atoms with E-state index in [1.54, 1.807) is 24.3 Å². The first kappa shape index (κ1) is 19.9. The van der Waals surface area contributed by atoms with Gasteiger partial charge in [0.15, 0.2) is 0 Å². The number of rotatable bonds is 5. The number of amides is 2. The molecular formula is C22H15FN2O6. The normalized spacial score (nSPS) is 14.8. The van der Waals surface area contributed by atoms with Crippen LogP contribution in [0.4, 0.5) is 10.1 Å². The Morgan fingerprint density at radius 3 is 2.55 bits per heavy atom. The largest absolute Gasteiger partial charge is 0.497 e. The van der Waals surface area contributed by atoms with Crippen molar-refractivity contribution in [1.29, 1.82) is 0 Å². The van der Waals surface area contributed by atoms with Crippen LogP contribution in [0.3, 0.4) is 0 Å². The number of carboxylic acids is 1. The molecule has 31 heavy (non-hydrogen) atoms. The number of hydrogen-bond acceptors (Lipinski definition) is 5. The molecule has 1 aliphatic rings. The van der Waals surface area contributed by atoms with E-state index < -0.39 is 29.2 Å². The lowest BCUT2D eigenvalue weighted by molar-refractivity contribution is -0.117. The third-order valence-corrected chi connectivity index (χ3v) is 4.62. The Morgan fingerprint density at radius 2 is 1.87 bits per heavy atom. The highest BCUT2D eigenvalue weighted by Gasteiger charge is 2.34. The van der Waals surface area contributed by atoms with Gasteiger partial charge in [-0.25, -0.2) is 14.2 Å². The lowest BCUT2D eigenvalue weighted by Gasteiger charge is -2.14. The van der Waals surface area contributed by atoms with E-state index in [1.165, 1.54) is 31.4 Å². The fourth-order valence-corrected chi connectivity index (χ4v) is 3.04. The number of hydrazine groups is 1. The summed E-state index contributed by atoms with van der Waals surface area (Å²) in [6.45, 7) is 0. The summed E-state index contributed by atoms with van der Waals surface area (Å²) in [6.07, 6.45) is 1.28. The van der Waals surface area contributed by atoms with Crippen molar-refractivity contribution < 1.29 is 33.0 Å². The van der Waals surface area contributed by atoms with Gasteiger partial charge in [-0.05, 0) is 60.7 Å². The summed E-state index contributed by atoms with van der Waals surface area (Å²) in [4.78, 5) is 36.1. The first-order valence-electron chi connectivity index (χ1n) is 9.01. The number of methoxy groups -OCH3 is 1. The molecule has 0 unspecified atom stereocenters.